The SMILES string of the molecule is CCOCn1c(C)nc(C(C)C)c1Sc1cc(Cl)cc(Cl)c1. The van der Waals surface area contributed by atoms with Gasteiger partial charge in [-0.25, -0.2) is 4.98 Å². The van der Waals surface area contributed by atoms with Crippen LogP contribution in [0.4, 0.5) is 0 Å². The Kier molecular flexibility index (Phi) is 6.21. The van der Waals surface area contributed by atoms with E-state index in [0.717, 1.165) is 21.4 Å². The molecule has 0 saturated carbocycles. The van der Waals surface area contributed by atoms with Crippen molar-refractivity contribution in [1.29, 1.82) is 0 Å². The maximum atomic E-state index is 6.10. The van der Waals surface area contributed by atoms with Crippen molar-refractivity contribution < 1.29 is 4.74 Å². The molecule has 0 fully saturated rings. The van der Waals surface area contributed by atoms with Gasteiger partial charge in [0.15, 0.2) is 0 Å². The number of benzene rings is 1. The van der Waals surface area contributed by atoms with E-state index in [1.165, 1.54) is 0 Å². The molecule has 0 amide bonds. The molecule has 0 aliphatic heterocycles. The Hall–Kier alpha value is -0.680. The van der Waals surface area contributed by atoms with Crippen LogP contribution >= 0.6 is 35.0 Å². The van der Waals surface area contributed by atoms with E-state index in [2.05, 4.69) is 18.4 Å². The number of aromatic nitrogens is 2. The summed E-state index contributed by atoms with van der Waals surface area (Å²) in [4.78, 5) is 5.70. The van der Waals surface area contributed by atoms with Crippen LogP contribution in [-0.2, 0) is 11.5 Å². The van der Waals surface area contributed by atoms with Crippen molar-refractivity contribution in [2.75, 3.05) is 6.61 Å². The highest BCUT2D eigenvalue weighted by Crippen LogP contribution is 2.37. The molecule has 0 radical (unpaired) electrons. The first-order valence-electron chi connectivity index (χ1n) is 7.21. The predicted octanol–water partition coefficient (Wildman–Crippen LogP) is 5.77. The molecule has 6 heteroatoms. The second kappa shape index (κ2) is 7.73. The number of nitrogens with zero attached hydrogens (tertiary/aromatic N) is 2. The van der Waals surface area contributed by atoms with Gasteiger partial charge < -0.3 is 4.74 Å². The molecule has 0 aliphatic rings. The Morgan fingerprint density at radius 1 is 1.23 bits per heavy atom. The maximum absolute atomic E-state index is 6.10. The van der Waals surface area contributed by atoms with Gasteiger partial charge >= 0.3 is 0 Å². The summed E-state index contributed by atoms with van der Waals surface area (Å²) in [5.74, 6) is 1.28. The number of imidazole rings is 1. The largest absolute Gasteiger partial charge is 0.361 e. The third-order valence-corrected chi connectivity index (χ3v) is 4.69. The van der Waals surface area contributed by atoms with Gasteiger partial charge in [0.05, 0.1) is 5.69 Å². The highest BCUT2D eigenvalue weighted by atomic mass is 35.5. The van der Waals surface area contributed by atoms with Crippen molar-refractivity contribution in [2.24, 2.45) is 0 Å². The summed E-state index contributed by atoms with van der Waals surface area (Å²) in [6.45, 7) is 9.43. The topological polar surface area (TPSA) is 27.1 Å². The molecule has 1 aromatic carbocycles. The number of hydrogen-bond acceptors (Lipinski definition) is 3. The van der Waals surface area contributed by atoms with Gasteiger partial charge in [-0.05, 0) is 38.0 Å². The van der Waals surface area contributed by atoms with Crippen molar-refractivity contribution in [2.45, 2.75) is 50.3 Å². The number of rotatable bonds is 6. The van der Waals surface area contributed by atoms with Crippen LogP contribution in [0, 0.1) is 6.92 Å². The number of ether oxygens (including phenoxy) is 1. The second-order valence-electron chi connectivity index (χ2n) is 5.26. The first-order valence-corrected chi connectivity index (χ1v) is 8.78. The van der Waals surface area contributed by atoms with Crippen LogP contribution in [0.2, 0.25) is 10.0 Å². The molecule has 0 spiro atoms. The van der Waals surface area contributed by atoms with E-state index in [1.807, 2.05) is 26.0 Å². The Balaban J connectivity index is 2.42. The van der Waals surface area contributed by atoms with Crippen molar-refractivity contribution in [3.63, 3.8) is 0 Å². The van der Waals surface area contributed by atoms with Crippen LogP contribution in [-0.4, -0.2) is 16.2 Å². The normalized spacial score (nSPS) is 11.4. The first kappa shape index (κ1) is 17.7. The van der Waals surface area contributed by atoms with Crippen LogP contribution in [0.15, 0.2) is 28.1 Å². The predicted molar refractivity (Wildman–Crippen MR) is 93.3 cm³/mol. The monoisotopic (exact) mass is 358 g/mol. The Bertz CT molecular complexity index is 636. The summed E-state index contributed by atoms with van der Waals surface area (Å²) in [6, 6.07) is 5.56. The molecule has 2 rings (SSSR count). The molecule has 3 nitrogen and oxygen atoms in total. The average Bonchev–Trinajstić information content (AvgIpc) is 2.72. The summed E-state index contributed by atoms with van der Waals surface area (Å²) >= 11 is 13.8. The van der Waals surface area contributed by atoms with E-state index in [0.29, 0.717) is 29.3 Å². The van der Waals surface area contributed by atoms with Crippen molar-refractivity contribution in [1.82, 2.24) is 9.55 Å². The van der Waals surface area contributed by atoms with Gasteiger partial charge in [-0.3, -0.25) is 4.57 Å². The summed E-state index contributed by atoms with van der Waals surface area (Å²) in [6.07, 6.45) is 0. The van der Waals surface area contributed by atoms with Crippen LogP contribution in [0.25, 0.3) is 0 Å². The summed E-state index contributed by atoms with van der Waals surface area (Å²) in [5, 5.41) is 2.35. The fourth-order valence-corrected chi connectivity index (χ4v) is 4.02. The van der Waals surface area contributed by atoms with Gasteiger partial charge in [-0.1, -0.05) is 48.8 Å². The molecule has 1 aromatic heterocycles. The van der Waals surface area contributed by atoms with E-state index < -0.39 is 0 Å². The third kappa shape index (κ3) is 4.19. The molecule has 2 aromatic rings. The van der Waals surface area contributed by atoms with Gasteiger partial charge in [0, 0.05) is 21.5 Å². The standard InChI is InChI=1S/C16H20Cl2N2OS/c1-5-21-9-20-11(4)19-15(10(2)3)16(20)22-14-7-12(17)6-13(18)8-14/h6-8,10H,5,9H2,1-4H3. The Labute approximate surface area is 146 Å². The lowest BCUT2D eigenvalue weighted by atomic mass is 10.2. The number of halogens is 2. The van der Waals surface area contributed by atoms with E-state index in [1.54, 1.807) is 17.8 Å². The quantitative estimate of drug-likeness (QED) is 0.655. The van der Waals surface area contributed by atoms with Gasteiger partial charge in [-0.2, -0.15) is 0 Å². The fraction of sp³-hybridized carbons (Fsp3) is 0.438. The molecule has 120 valence electrons. The van der Waals surface area contributed by atoms with Crippen LogP contribution in [0.3, 0.4) is 0 Å². The molecule has 0 bridgehead atoms. The summed E-state index contributed by atoms with van der Waals surface area (Å²) in [5.41, 5.74) is 1.07. The van der Waals surface area contributed by atoms with E-state index in [9.17, 15) is 0 Å². The smallest absolute Gasteiger partial charge is 0.125 e. The van der Waals surface area contributed by atoms with Gasteiger partial charge in [0.2, 0.25) is 0 Å². The van der Waals surface area contributed by atoms with E-state index in [4.69, 9.17) is 32.9 Å². The van der Waals surface area contributed by atoms with Crippen molar-refractivity contribution in [3.8, 4) is 0 Å². The van der Waals surface area contributed by atoms with Crippen molar-refractivity contribution in [3.05, 3.63) is 39.8 Å². The molecule has 1 heterocycles. The lowest BCUT2D eigenvalue weighted by Crippen LogP contribution is -2.06. The average molecular weight is 359 g/mol. The van der Waals surface area contributed by atoms with Gasteiger partial charge in [0.25, 0.3) is 0 Å². The zero-order chi connectivity index (χ0) is 16.3. The minimum atomic E-state index is 0.332. The Morgan fingerprint density at radius 2 is 1.86 bits per heavy atom. The summed E-state index contributed by atoms with van der Waals surface area (Å²) in [7, 11) is 0. The minimum absolute atomic E-state index is 0.332. The van der Waals surface area contributed by atoms with E-state index in [-0.39, 0.29) is 0 Å². The fourth-order valence-electron chi connectivity index (χ4n) is 2.08. The molecule has 22 heavy (non-hydrogen) atoms. The Morgan fingerprint density at radius 3 is 2.41 bits per heavy atom. The van der Waals surface area contributed by atoms with Gasteiger partial charge in [0.1, 0.15) is 17.6 Å². The highest BCUT2D eigenvalue weighted by Gasteiger charge is 2.18. The molecule has 0 unspecified atom stereocenters. The molecule has 0 saturated heterocycles. The number of aryl methyl sites for hydroxylation is 1. The lowest BCUT2D eigenvalue weighted by Gasteiger charge is -2.12. The van der Waals surface area contributed by atoms with Crippen LogP contribution in [0.1, 0.15) is 38.2 Å². The van der Waals surface area contributed by atoms with Crippen LogP contribution in [0.5, 0.6) is 0 Å². The molecular formula is C16H20Cl2N2OS. The highest BCUT2D eigenvalue weighted by molar-refractivity contribution is 7.99. The maximum Gasteiger partial charge on any atom is 0.125 e. The van der Waals surface area contributed by atoms with E-state index >= 15 is 0 Å². The molecular weight excluding hydrogens is 339 g/mol. The molecule has 0 atom stereocenters. The van der Waals surface area contributed by atoms with Crippen LogP contribution < -0.4 is 0 Å². The molecule has 0 aliphatic carbocycles. The number of hydrogen-bond donors (Lipinski definition) is 0. The molecule has 0 N–H and O–H groups in total. The summed E-state index contributed by atoms with van der Waals surface area (Å²) < 4.78 is 7.67. The third-order valence-electron chi connectivity index (χ3n) is 3.16. The second-order valence-corrected chi connectivity index (χ2v) is 7.20. The first-order chi connectivity index (χ1) is 10.4. The zero-order valence-electron chi connectivity index (χ0n) is 13.2. The zero-order valence-corrected chi connectivity index (χ0v) is 15.5. The minimum Gasteiger partial charge on any atom is -0.361 e. The van der Waals surface area contributed by atoms with Crippen molar-refractivity contribution >= 4 is 35.0 Å². The van der Waals surface area contributed by atoms with Gasteiger partial charge in [-0.15, -0.1) is 0 Å². The lowest BCUT2D eigenvalue weighted by molar-refractivity contribution is 0.0809.